The topological polar surface area (TPSA) is 105 Å². The summed E-state index contributed by atoms with van der Waals surface area (Å²) in [6.45, 7) is 4.92. The van der Waals surface area contributed by atoms with E-state index in [1.165, 1.54) is 23.7 Å². The molecule has 0 unspecified atom stereocenters. The van der Waals surface area contributed by atoms with Gasteiger partial charge in [-0.3, -0.25) is 14.4 Å². The van der Waals surface area contributed by atoms with Gasteiger partial charge < -0.3 is 20.3 Å². The third-order valence-electron chi connectivity index (χ3n) is 3.72. The van der Waals surface area contributed by atoms with Crippen LogP contribution in [0.15, 0.2) is 23.1 Å². The van der Waals surface area contributed by atoms with Crippen molar-refractivity contribution in [2.75, 3.05) is 31.3 Å². The highest BCUT2D eigenvalue weighted by atomic mass is 32.2. The van der Waals surface area contributed by atoms with Gasteiger partial charge in [0, 0.05) is 29.7 Å². The number of ether oxygens (including phenoxy) is 1. The molecule has 0 bridgehead atoms. The third-order valence-corrected chi connectivity index (χ3v) is 4.80. The minimum Gasteiger partial charge on any atom is -0.452 e. The molecule has 1 aromatic rings. The number of benzene rings is 1. The molecule has 0 fully saturated rings. The van der Waals surface area contributed by atoms with E-state index in [0.29, 0.717) is 17.9 Å². The summed E-state index contributed by atoms with van der Waals surface area (Å²) in [6.07, 6.45) is 0.406. The van der Waals surface area contributed by atoms with Gasteiger partial charge in [-0.25, -0.2) is 4.79 Å². The molecule has 1 aliphatic heterocycles. The van der Waals surface area contributed by atoms with Crippen LogP contribution in [-0.4, -0.2) is 60.1 Å². The van der Waals surface area contributed by atoms with Gasteiger partial charge in [0.05, 0.1) is 17.8 Å². The lowest BCUT2D eigenvalue weighted by Gasteiger charge is -2.23. The predicted molar refractivity (Wildman–Crippen MR) is 106 cm³/mol. The van der Waals surface area contributed by atoms with Gasteiger partial charge in [0.15, 0.2) is 6.61 Å². The fourth-order valence-electron chi connectivity index (χ4n) is 2.43. The lowest BCUT2D eigenvalue weighted by Crippen LogP contribution is -2.46. The maximum absolute atomic E-state index is 12.2. The Morgan fingerprint density at radius 1 is 1.29 bits per heavy atom. The van der Waals surface area contributed by atoms with Crippen molar-refractivity contribution >= 4 is 41.1 Å². The fraction of sp³-hybridized carbons (Fsp3) is 0.474. The number of carbonyl (C=O) groups excluding carboxylic acids is 4. The molecule has 0 saturated heterocycles. The number of nitrogens with zero attached hydrogens (tertiary/aromatic N) is 1. The molecule has 0 aromatic heterocycles. The highest BCUT2D eigenvalue weighted by Gasteiger charge is 2.20. The second-order valence-electron chi connectivity index (χ2n) is 7.48. The summed E-state index contributed by atoms with van der Waals surface area (Å²) in [5, 5.41) is 5.51. The highest BCUT2D eigenvalue weighted by molar-refractivity contribution is 7.99. The maximum atomic E-state index is 12.2. The Morgan fingerprint density at radius 3 is 2.68 bits per heavy atom. The molecule has 8 nitrogen and oxygen atoms in total. The Kier molecular flexibility index (Phi) is 7.06. The molecule has 0 radical (unpaired) electrons. The molecule has 2 N–H and O–H groups in total. The van der Waals surface area contributed by atoms with Crippen LogP contribution in [0.4, 0.5) is 5.69 Å². The van der Waals surface area contributed by atoms with Crippen molar-refractivity contribution in [2.24, 2.45) is 0 Å². The van der Waals surface area contributed by atoms with E-state index in [2.05, 4.69) is 10.6 Å². The lowest BCUT2D eigenvalue weighted by atomic mass is 10.1. The molecule has 0 saturated carbocycles. The predicted octanol–water partition coefficient (Wildman–Crippen LogP) is 1.65. The van der Waals surface area contributed by atoms with Crippen molar-refractivity contribution in [3.05, 3.63) is 23.8 Å². The number of hydrogen-bond donors (Lipinski definition) is 2. The fourth-order valence-corrected chi connectivity index (χ4v) is 3.37. The standard InChI is InChI=1S/C19H25N3O5S/c1-19(2,3)21-16(24)10-22(4)17(25)11-27-18(26)12-5-6-14-13(9-12)20-15(23)7-8-28-14/h5-6,9H,7-8,10-11H2,1-4H3,(H,20,23)(H,21,24). The molecule has 0 atom stereocenters. The van der Waals surface area contributed by atoms with E-state index in [1.54, 1.807) is 18.2 Å². The monoisotopic (exact) mass is 407 g/mol. The lowest BCUT2D eigenvalue weighted by molar-refractivity contribution is -0.137. The zero-order chi connectivity index (χ0) is 20.9. The number of esters is 1. The zero-order valence-corrected chi connectivity index (χ0v) is 17.3. The summed E-state index contributed by atoms with van der Waals surface area (Å²) in [5.74, 6) is -0.898. The highest BCUT2D eigenvalue weighted by Crippen LogP contribution is 2.31. The summed E-state index contributed by atoms with van der Waals surface area (Å²) < 4.78 is 5.06. The van der Waals surface area contributed by atoms with Gasteiger partial charge in [0.1, 0.15) is 0 Å². The van der Waals surface area contributed by atoms with Crippen LogP contribution in [0.5, 0.6) is 0 Å². The summed E-state index contributed by atoms with van der Waals surface area (Å²) in [4.78, 5) is 50.0. The number of nitrogens with one attached hydrogen (secondary N) is 2. The summed E-state index contributed by atoms with van der Waals surface area (Å²) in [7, 11) is 1.47. The first-order valence-electron chi connectivity index (χ1n) is 8.84. The number of likely N-dealkylation sites (N-methyl/N-ethyl adjacent to an activating group) is 1. The Hall–Kier alpha value is -2.55. The normalized spacial score (nSPS) is 13.6. The van der Waals surface area contributed by atoms with Crippen LogP contribution >= 0.6 is 11.8 Å². The smallest absolute Gasteiger partial charge is 0.338 e. The van der Waals surface area contributed by atoms with E-state index in [4.69, 9.17) is 4.74 Å². The molecule has 9 heteroatoms. The average molecular weight is 407 g/mol. The molecular weight excluding hydrogens is 382 g/mol. The Labute approximate surface area is 168 Å². The van der Waals surface area contributed by atoms with Crippen molar-refractivity contribution in [1.29, 1.82) is 0 Å². The van der Waals surface area contributed by atoms with Gasteiger partial charge in [-0.1, -0.05) is 0 Å². The molecule has 1 heterocycles. The van der Waals surface area contributed by atoms with Crippen molar-refractivity contribution in [1.82, 2.24) is 10.2 Å². The number of carbonyl (C=O) groups is 4. The number of hydrogen-bond acceptors (Lipinski definition) is 6. The third kappa shape index (κ3) is 6.56. The Bertz CT molecular complexity index is 788. The van der Waals surface area contributed by atoms with Crippen molar-refractivity contribution in [2.45, 2.75) is 37.6 Å². The molecule has 0 spiro atoms. The van der Waals surface area contributed by atoms with Gasteiger partial charge in [0.25, 0.3) is 5.91 Å². The van der Waals surface area contributed by atoms with Gasteiger partial charge in [-0.15, -0.1) is 11.8 Å². The number of thioether (sulfide) groups is 1. The maximum Gasteiger partial charge on any atom is 0.338 e. The van der Waals surface area contributed by atoms with E-state index in [0.717, 1.165) is 4.90 Å². The van der Waals surface area contributed by atoms with Crippen molar-refractivity contribution in [3.63, 3.8) is 0 Å². The minimum absolute atomic E-state index is 0.109. The summed E-state index contributed by atoms with van der Waals surface area (Å²) >= 11 is 1.53. The van der Waals surface area contributed by atoms with Crippen LogP contribution in [-0.2, 0) is 19.1 Å². The average Bonchev–Trinajstić information content (AvgIpc) is 2.77. The van der Waals surface area contributed by atoms with Crippen LogP contribution in [0.25, 0.3) is 0 Å². The van der Waals surface area contributed by atoms with Gasteiger partial charge in [-0.2, -0.15) is 0 Å². The number of anilines is 1. The first kappa shape index (κ1) is 21.7. The summed E-state index contributed by atoms with van der Waals surface area (Å²) in [6, 6.07) is 4.88. The van der Waals surface area contributed by atoms with Gasteiger partial charge in [0.2, 0.25) is 11.8 Å². The van der Waals surface area contributed by atoms with Crippen LogP contribution < -0.4 is 10.6 Å². The van der Waals surface area contributed by atoms with E-state index in [-0.39, 0.29) is 23.9 Å². The minimum atomic E-state index is -0.674. The van der Waals surface area contributed by atoms with Gasteiger partial charge in [-0.05, 0) is 39.0 Å². The molecule has 3 amide bonds. The van der Waals surface area contributed by atoms with E-state index in [9.17, 15) is 19.2 Å². The zero-order valence-electron chi connectivity index (χ0n) is 16.5. The second kappa shape index (κ2) is 9.09. The van der Waals surface area contributed by atoms with Crippen LogP contribution in [0.1, 0.15) is 37.6 Å². The Balaban J connectivity index is 1.90. The largest absolute Gasteiger partial charge is 0.452 e. The SMILES string of the molecule is CN(CC(=O)NC(C)(C)C)C(=O)COC(=O)c1ccc2c(c1)NC(=O)CCS2. The van der Waals surface area contributed by atoms with E-state index >= 15 is 0 Å². The van der Waals surface area contributed by atoms with Crippen molar-refractivity contribution in [3.8, 4) is 0 Å². The van der Waals surface area contributed by atoms with Crippen LogP contribution in [0.2, 0.25) is 0 Å². The van der Waals surface area contributed by atoms with Crippen LogP contribution in [0.3, 0.4) is 0 Å². The molecule has 28 heavy (non-hydrogen) atoms. The molecule has 152 valence electrons. The quantitative estimate of drug-likeness (QED) is 0.719. The second-order valence-corrected chi connectivity index (χ2v) is 8.62. The molecule has 1 aliphatic rings. The van der Waals surface area contributed by atoms with Crippen LogP contribution in [0, 0.1) is 0 Å². The first-order chi connectivity index (χ1) is 13.0. The summed E-state index contributed by atoms with van der Waals surface area (Å²) in [5.41, 5.74) is 0.402. The Morgan fingerprint density at radius 2 is 2.00 bits per heavy atom. The molecule has 0 aliphatic carbocycles. The van der Waals surface area contributed by atoms with E-state index in [1.807, 2.05) is 20.8 Å². The van der Waals surface area contributed by atoms with Gasteiger partial charge >= 0.3 is 5.97 Å². The van der Waals surface area contributed by atoms with E-state index < -0.39 is 24.0 Å². The number of rotatable bonds is 5. The molecular formula is C19H25N3O5S. The molecule has 1 aromatic carbocycles. The molecule has 2 rings (SSSR count). The van der Waals surface area contributed by atoms with Crippen molar-refractivity contribution < 1.29 is 23.9 Å². The number of amides is 3. The first-order valence-corrected chi connectivity index (χ1v) is 9.82. The number of fused-ring (bicyclic) bond motifs is 1.